The maximum Gasteiger partial charge on any atom is 0.220 e. The summed E-state index contributed by atoms with van der Waals surface area (Å²) in [6.07, 6.45) is 0.419. The van der Waals surface area contributed by atoms with Crippen molar-refractivity contribution in [3.8, 4) is 0 Å². The first-order valence-corrected chi connectivity index (χ1v) is 5.77. The van der Waals surface area contributed by atoms with Crippen molar-refractivity contribution in [2.45, 2.75) is 26.3 Å². The number of rotatable bonds is 5. The van der Waals surface area contributed by atoms with Gasteiger partial charge >= 0.3 is 0 Å². The summed E-state index contributed by atoms with van der Waals surface area (Å²) in [6.45, 7) is 4.30. The molecule has 0 radical (unpaired) electrons. The third-order valence-corrected chi connectivity index (χ3v) is 2.68. The number of hydrogen-bond donors (Lipinski definition) is 2. The number of halogens is 1. The van der Waals surface area contributed by atoms with E-state index >= 15 is 0 Å². The molecule has 3 N–H and O–H groups in total. The molecule has 3 nitrogen and oxygen atoms in total. The summed E-state index contributed by atoms with van der Waals surface area (Å²) in [5, 5.41) is 2.86. The molecule has 0 bridgehead atoms. The lowest BCUT2D eigenvalue weighted by Crippen LogP contribution is -2.29. The van der Waals surface area contributed by atoms with E-state index in [4.69, 9.17) is 5.73 Å². The minimum Gasteiger partial charge on any atom is -0.350 e. The quantitative estimate of drug-likeness (QED) is 0.824. The minimum absolute atomic E-state index is 0.0280. The number of hydrogen-bond acceptors (Lipinski definition) is 2. The van der Waals surface area contributed by atoms with Crippen LogP contribution in [0.25, 0.3) is 0 Å². The monoisotopic (exact) mass is 238 g/mol. The van der Waals surface area contributed by atoms with Gasteiger partial charge in [0.15, 0.2) is 0 Å². The lowest BCUT2D eigenvalue weighted by atomic mass is 10.1. The van der Waals surface area contributed by atoms with E-state index in [9.17, 15) is 9.18 Å². The molecule has 0 fully saturated rings. The van der Waals surface area contributed by atoms with Crippen LogP contribution in [-0.2, 0) is 4.79 Å². The van der Waals surface area contributed by atoms with Crippen molar-refractivity contribution in [3.63, 3.8) is 0 Å². The zero-order valence-corrected chi connectivity index (χ0v) is 10.2. The average molecular weight is 238 g/mol. The topological polar surface area (TPSA) is 55.1 Å². The summed E-state index contributed by atoms with van der Waals surface area (Å²) in [6, 6.07) is 6.01. The number of amides is 1. The number of benzene rings is 1. The predicted octanol–water partition coefficient (Wildman–Crippen LogP) is 1.99. The molecule has 1 rings (SSSR count). The molecular formula is C13H19FN2O. The van der Waals surface area contributed by atoms with Gasteiger partial charge in [-0.25, -0.2) is 4.39 Å². The van der Waals surface area contributed by atoms with Crippen LogP contribution in [0.15, 0.2) is 24.3 Å². The van der Waals surface area contributed by atoms with Gasteiger partial charge in [0.25, 0.3) is 0 Å². The van der Waals surface area contributed by atoms with Crippen LogP contribution in [0.3, 0.4) is 0 Å². The van der Waals surface area contributed by atoms with Crippen molar-refractivity contribution in [2.75, 3.05) is 6.54 Å². The predicted molar refractivity (Wildman–Crippen MR) is 65.8 cm³/mol. The van der Waals surface area contributed by atoms with Crippen molar-refractivity contribution in [1.29, 1.82) is 0 Å². The smallest absolute Gasteiger partial charge is 0.220 e. The van der Waals surface area contributed by atoms with Crippen molar-refractivity contribution >= 4 is 5.91 Å². The summed E-state index contributed by atoms with van der Waals surface area (Å²) >= 11 is 0. The molecule has 0 spiro atoms. The molecule has 0 saturated carbocycles. The van der Waals surface area contributed by atoms with Gasteiger partial charge in [0.05, 0.1) is 6.04 Å². The maximum absolute atomic E-state index is 12.7. The highest BCUT2D eigenvalue weighted by atomic mass is 19.1. The summed E-state index contributed by atoms with van der Waals surface area (Å²) in [4.78, 5) is 11.6. The van der Waals surface area contributed by atoms with Gasteiger partial charge in [-0.3, -0.25) is 4.79 Å². The van der Waals surface area contributed by atoms with E-state index in [-0.39, 0.29) is 23.7 Å². The number of carbonyl (C=O) groups excluding carboxylic acids is 1. The fourth-order valence-corrected chi connectivity index (χ4v) is 1.54. The number of nitrogens with one attached hydrogen (secondary N) is 1. The second-order valence-corrected chi connectivity index (χ2v) is 4.39. The Labute approximate surface area is 101 Å². The fourth-order valence-electron chi connectivity index (χ4n) is 1.54. The van der Waals surface area contributed by atoms with E-state index in [0.717, 1.165) is 5.56 Å². The molecule has 0 aliphatic carbocycles. The first-order valence-electron chi connectivity index (χ1n) is 5.77. The highest BCUT2D eigenvalue weighted by Gasteiger charge is 2.11. The Kier molecular flexibility index (Phi) is 5.10. The Hall–Kier alpha value is -1.42. The Bertz CT molecular complexity index is 364. The van der Waals surface area contributed by atoms with Crippen LogP contribution in [0.5, 0.6) is 0 Å². The van der Waals surface area contributed by atoms with Crippen molar-refractivity contribution in [2.24, 2.45) is 11.7 Å². The lowest BCUT2D eigenvalue weighted by molar-refractivity contribution is -0.122. The zero-order valence-electron chi connectivity index (χ0n) is 10.2. The molecule has 0 saturated heterocycles. The summed E-state index contributed by atoms with van der Waals surface area (Å²) in [5.41, 5.74) is 6.35. The van der Waals surface area contributed by atoms with Crippen LogP contribution in [0.2, 0.25) is 0 Å². The van der Waals surface area contributed by atoms with Crippen LogP contribution in [-0.4, -0.2) is 12.5 Å². The Morgan fingerprint density at radius 3 is 2.47 bits per heavy atom. The normalized spacial score (nSPS) is 14.1. The Balaban J connectivity index is 2.51. The first-order chi connectivity index (χ1) is 8.02. The van der Waals surface area contributed by atoms with Crippen LogP contribution in [0.4, 0.5) is 4.39 Å². The number of nitrogens with two attached hydrogens (primary N) is 1. The summed E-state index contributed by atoms with van der Waals surface area (Å²) in [7, 11) is 0. The molecular weight excluding hydrogens is 219 g/mol. The van der Waals surface area contributed by atoms with Gasteiger partial charge in [-0.1, -0.05) is 19.1 Å². The van der Waals surface area contributed by atoms with E-state index in [1.807, 2.05) is 13.8 Å². The molecule has 1 amide bonds. The van der Waals surface area contributed by atoms with E-state index in [1.54, 1.807) is 12.1 Å². The molecule has 17 heavy (non-hydrogen) atoms. The van der Waals surface area contributed by atoms with Crippen molar-refractivity contribution in [3.05, 3.63) is 35.6 Å². The average Bonchev–Trinajstić information content (AvgIpc) is 2.29. The molecule has 0 aliphatic heterocycles. The van der Waals surface area contributed by atoms with Crippen molar-refractivity contribution < 1.29 is 9.18 Å². The van der Waals surface area contributed by atoms with Crippen LogP contribution in [0, 0.1) is 11.7 Å². The number of carbonyl (C=O) groups is 1. The van der Waals surface area contributed by atoms with Gasteiger partial charge in [-0.2, -0.15) is 0 Å². The van der Waals surface area contributed by atoms with Gasteiger partial charge in [0.1, 0.15) is 5.82 Å². The highest BCUT2D eigenvalue weighted by Crippen LogP contribution is 2.13. The summed E-state index contributed by atoms with van der Waals surface area (Å²) < 4.78 is 12.7. The molecule has 94 valence electrons. The van der Waals surface area contributed by atoms with Gasteiger partial charge in [0, 0.05) is 6.42 Å². The minimum atomic E-state index is -0.274. The largest absolute Gasteiger partial charge is 0.350 e. The lowest BCUT2D eigenvalue weighted by Gasteiger charge is -2.16. The molecule has 1 aromatic rings. The third kappa shape index (κ3) is 4.53. The van der Waals surface area contributed by atoms with Gasteiger partial charge in [-0.15, -0.1) is 0 Å². The molecule has 2 unspecified atom stereocenters. The van der Waals surface area contributed by atoms with Crippen molar-refractivity contribution in [1.82, 2.24) is 5.32 Å². The van der Waals surface area contributed by atoms with Crippen LogP contribution >= 0.6 is 0 Å². The van der Waals surface area contributed by atoms with E-state index in [2.05, 4.69) is 5.32 Å². The second kappa shape index (κ2) is 6.35. The molecule has 1 aromatic carbocycles. The molecule has 0 aromatic heterocycles. The van der Waals surface area contributed by atoms with Gasteiger partial charge < -0.3 is 11.1 Å². The highest BCUT2D eigenvalue weighted by molar-refractivity contribution is 5.76. The SMILES string of the molecule is CC(CN)CC(=O)NC(C)c1ccc(F)cc1. The second-order valence-electron chi connectivity index (χ2n) is 4.39. The Morgan fingerprint density at radius 2 is 1.94 bits per heavy atom. The molecule has 0 aliphatic rings. The zero-order chi connectivity index (χ0) is 12.8. The molecule has 4 heteroatoms. The van der Waals surface area contributed by atoms with E-state index < -0.39 is 0 Å². The standard InChI is InChI=1S/C13H19FN2O/c1-9(8-15)7-13(17)16-10(2)11-3-5-12(14)6-4-11/h3-6,9-10H,7-8,15H2,1-2H3,(H,16,17). The van der Waals surface area contributed by atoms with Crippen LogP contribution < -0.4 is 11.1 Å². The molecule has 2 atom stereocenters. The first kappa shape index (κ1) is 13.6. The maximum atomic E-state index is 12.7. The van der Waals surface area contributed by atoms with E-state index in [1.165, 1.54) is 12.1 Å². The fraction of sp³-hybridized carbons (Fsp3) is 0.462. The van der Waals surface area contributed by atoms with Gasteiger partial charge in [-0.05, 0) is 37.1 Å². The summed E-state index contributed by atoms with van der Waals surface area (Å²) in [5.74, 6) is -0.126. The van der Waals surface area contributed by atoms with E-state index in [0.29, 0.717) is 13.0 Å². The van der Waals surface area contributed by atoms with Gasteiger partial charge in [0.2, 0.25) is 5.91 Å². The van der Waals surface area contributed by atoms with Crippen LogP contribution in [0.1, 0.15) is 31.9 Å². The Morgan fingerprint density at radius 1 is 1.35 bits per heavy atom. The molecule has 0 heterocycles. The third-order valence-electron chi connectivity index (χ3n) is 2.68.